The Morgan fingerprint density at radius 3 is 2.55 bits per heavy atom. The summed E-state index contributed by atoms with van der Waals surface area (Å²) in [5.41, 5.74) is 3.38. The van der Waals surface area contributed by atoms with Crippen molar-refractivity contribution in [2.75, 3.05) is 25.4 Å². The molecule has 3 aromatic rings. The molecular formula is C20H23N5O3S. The fraction of sp³-hybridized carbons (Fsp3) is 0.250. The van der Waals surface area contributed by atoms with Crippen LogP contribution in [0.5, 0.6) is 11.5 Å². The lowest BCUT2D eigenvalue weighted by Crippen LogP contribution is -2.32. The van der Waals surface area contributed by atoms with E-state index in [1.165, 1.54) is 11.8 Å². The highest BCUT2D eigenvalue weighted by Crippen LogP contribution is 2.30. The van der Waals surface area contributed by atoms with Gasteiger partial charge in [-0.05, 0) is 48.7 Å². The van der Waals surface area contributed by atoms with Crippen LogP contribution in [0, 0.1) is 13.8 Å². The van der Waals surface area contributed by atoms with Crippen molar-refractivity contribution >= 4 is 23.3 Å². The lowest BCUT2D eigenvalue weighted by Gasteiger charge is -2.12. The Labute approximate surface area is 173 Å². The van der Waals surface area contributed by atoms with Crippen LogP contribution in [0.2, 0.25) is 0 Å². The van der Waals surface area contributed by atoms with Gasteiger partial charge in [-0.3, -0.25) is 4.79 Å². The number of benzene rings is 2. The Kier molecular flexibility index (Phi) is 6.28. The van der Waals surface area contributed by atoms with E-state index in [0.29, 0.717) is 22.4 Å². The van der Waals surface area contributed by atoms with Crippen LogP contribution < -0.4 is 26.2 Å². The van der Waals surface area contributed by atoms with Crippen molar-refractivity contribution in [3.63, 3.8) is 0 Å². The first-order chi connectivity index (χ1) is 13.9. The zero-order valence-corrected chi connectivity index (χ0v) is 17.5. The van der Waals surface area contributed by atoms with Crippen LogP contribution in [0.4, 0.5) is 11.5 Å². The molecule has 0 saturated heterocycles. The number of thioether (sulfide) groups is 1. The largest absolute Gasteiger partial charge is 0.493 e. The summed E-state index contributed by atoms with van der Waals surface area (Å²) in [5.74, 6) is 7.87. The number of nitrogens with one attached hydrogen (secondary N) is 1. The molecule has 3 N–H and O–H groups in total. The number of nitrogens with two attached hydrogens (primary N) is 1. The van der Waals surface area contributed by atoms with E-state index in [1.807, 2.05) is 50.2 Å². The van der Waals surface area contributed by atoms with Gasteiger partial charge in [0.25, 0.3) is 0 Å². The topological polar surface area (TPSA) is 104 Å². The first kappa shape index (κ1) is 20.5. The minimum atomic E-state index is -0.448. The molecule has 0 spiro atoms. The number of aromatic nitrogens is 3. The minimum absolute atomic E-state index is 0.0802. The van der Waals surface area contributed by atoms with Crippen LogP contribution in [0.15, 0.2) is 46.3 Å². The molecule has 0 amide bonds. The van der Waals surface area contributed by atoms with E-state index in [1.54, 1.807) is 14.2 Å². The third-order valence-electron chi connectivity index (χ3n) is 4.33. The number of aryl methyl sites for hydroxylation is 2. The number of nitrogen functional groups attached to an aromatic ring is 1. The summed E-state index contributed by atoms with van der Waals surface area (Å²) in [6.07, 6.45) is 0. The van der Waals surface area contributed by atoms with E-state index in [4.69, 9.17) is 15.3 Å². The molecule has 0 saturated carbocycles. The number of anilines is 2. The Hall–Kier alpha value is -3.20. The van der Waals surface area contributed by atoms with Crippen LogP contribution in [-0.4, -0.2) is 29.1 Å². The molecule has 2 aromatic carbocycles. The highest BCUT2D eigenvalue weighted by atomic mass is 32.2. The lowest BCUT2D eigenvalue weighted by atomic mass is 10.1. The Bertz CT molecular complexity index is 1080. The maximum absolute atomic E-state index is 12.6. The molecule has 0 bridgehead atoms. The molecule has 8 nitrogen and oxygen atoms in total. The molecule has 0 radical (unpaired) electrons. The summed E-state index contributed by atoms with van der Waals surface area (Å²) < 4.78 is 11.6. The van der Waals surface area contributed by atoms with Crippen molar-refractivity contribution < 1.29 is 9.47 Å². The predicted octanol–water partition coefficient (Wildman–Crippen LogP) is 3.02. The third kappa shape index (κ3) is 4.62. The summed E-state index contributed by atoms with van der Waals surface area (Å²) in [6.45, 7) is 3.93. The molecular weight excluding hydrogens is 390 g/mol. The van der Waals surface area contributed by atoms with Gasteiger partial charge in [-0.1, -0.05) is 30.0 Å². The summed E-state index contributed by atoms with van der Waals surface area (Å²) in [7, 11) is 3.17. The van der Waals surface area contributed by atoms with Gasteiger partial charge in [0.15, 0.2) is 11.5 Å². The number of ether oxygens (including phenoxy) is 2. The molecule has 3 rings (SSSR count). The van der Waals surface area contributed by atoms with Gasteiger partial charge >= 0.3 is 5.56 Å². The number of nitrogens with zero attached hydrogens (tertiary/aromatic N) is 3. The highest BCUT2D eigenvalue weighted by molar-refractivity contribution is 7.98. The second-order valence-electron chi connectivity index (χ2n) is 6.43. The van der Waals surface area contributed by atoms with Crippen LogP contribution in [0.3, 0.4) is 0 Å². The van der Waals surface area contributed by atoms with Gasteiger partial charge < -0.3 is 20.6 Å². The number of hydrogen-bond donors (Lipinski definition) is 2. The van der Waals surface area contributed by atoms with Crippen LogP contribution in [-0.2, 0) is 5.75 Å². The molecule has 0 aliphatic rings. The van der Waals surface area contributed by atoms with Crippen molar-refractivity contribution in [3.05, 3.63) is 63.4 Å². The lowest BCUT2D eigenvalue weighted by molar-refractivity contribution is 0.354. The quantitative estimate of drug-likeness (QED) is 0.450. The molecule has 0 atom stereocenters. The van der Waals surface area contributed by atoms with Crippen molar-refractivity contribution in [2.45, 2.75) is 24.8 Å². The highest BCUT2D eigenvalue weighted by Gasteiger charge is 2.13. The molecule has 0 unspecified atom stereocenters. The fourth-order valence-electron chi connectivity index (χ4n) is 2.68. The van der Waals surface area contributed by atoms with Crippen LogP contribution in [0.1, 0.15) is 16.7 Å². The average molecular weight is 414 g/mol. The Balaban J connectivity index is 1.78. The molecule has 29 heavy (non-hydrogen) atoms. The standard InChI is InChI=1S/C20H23N5O3S/c1-12-5-6-13(2)15(9-12)22-18-19(26)25(21)20(24-23-18)29-11-14-7-8-16(27-3)17(10-14)28-4/h5-10H,11,21H2,1-4H3,(H,22,23). The summed E-state index contributed by atoms with van der Waals surface area (Å²) in [5, 5.41) is 11.5. The van der Waals surface area contributed by atoms with E-state index in [0.717, 1.165) is 27.1 Å². The van der Waals surface area contributed by atoms with Gasteiger partial charge in [0.05, 0.1) is 14.2 Å². The minimum Gasteiger partial charge on any atom is -0.493 e. The monoisotopic (exact) mass is 413 g/mol. The summed E-state index contributed by atoms with van der Waals surface area (Å²) >= 11 is 1.31. The van der Waals surface area contributed by atoms with Gasteiger partial charge in [-0.25, -0.2) is 0 Å². The number of hydrogen-bond acceptors (Lipinski definition) is 8. The van der Waals surface area contributed by atoms with Crippen molar-refractivity contribution in [2.24, 2.45) is 0 Å². The van der Waals surface area contributed by atoms with Gasteiger partial charge in [0, 0.05) is 11.4 Å². The van der Waals surface area contributed by atoms with E-state index >= 15 is 0 Å². The second-order valence-corrected chi connectivity index (χ2v) is 7.37. The first-order valence-electron chi connectivity index (χ1n) is 8.85. The van der Waals surface area contributed by atoms with E-state index in [2.05, 4.69) is 15.5 Å². The fourth-order valence-corrected chi connectivity index (χ4v) is 3.47. The zero-order chi connectivity index (χ0) is 21.0. The molecule has 1 aromatic heterocycles. The zero-order valence-electron chi connectivity index (χ0n) is 16.7. The van der Waals surface area contributed by atoms with E-state index < -0.39 is 5.56 Å². The first-order valence-corrected chi connectivity index (χ1v) is 9.84. The normalized spacial score (nSPS) is 10.6. The third-order valence-corrected chi connectivity index (χ3v) is 5.34. The molecule has 0 aliphatic carbocycles. The molecule has 152 valence electrons. The van der Waals surface area contributed by atoms with Gasteiger partial charge in [-0.2, -0.15) is 4.68 Å². The number of rotatable bonds is 7. The van der Waals surface area contributed by atoms with Crippen molar-refractivity contribution in [3.8, 4) is 11.5 Å². The predicted molar refractivity (Wildman–Crippen MR) is 115 cm³/mol. The summed E-state index contributed by atoms with van der Waals surface area (Å²) in [6, 6.07) is 11.5. The SMILES string of the molecule is COc1ccc(CSc2nnc(Nc3cc(C)ccc3C)c(=O)n2N)cc1OC. The summed E-state index contributed by atoms with van der Waals surface area (Å²) in [4.78, 5) is 12.6. The molecule has 9 heteroatoms. The molecule has 0 fully saturated rings. The van der Waals surface area contributed by atoms with Crippen molar-refractivity contribution in [1.29, 1.82) is 0 Å². The maximum atomic E-state index is 12.6. The van der Waals surface area contributed by atoms with Gasteiger partial charge in [-0.15, -0.1) is 10.2 Å². The van der Waals surface area contributed by atoms with Crippen molar-refractivity contribution in [1.82, 2.24) is 14.9 Å². The average Bonchev–Trinajstić information content (AvgIpc) is 2.73. The van der Waals surface area contributed by atoms with Gasteiger partial charge in [0.2, 0.25) is 11.0 Å². The van der Waals surface area contributed by atoms with Crippen LogP contribution >= 0.6 is 11.8 Å². The van der Waals surface area contributed by atoms with E-state index in [9.17, 15) is 4.79 Å². The molecule has 1 heterocycles. The Morgan fingerprint density at radius 1 is 1.07 bits per heavy atom. The molecule has 0 aliphatic heterocycles. The maximum Gasteiger partial charge on any atom is 0.315 e. The van der Waals surface area contributed by atoms with Crippen LogP contribution in [0.25, 0.3) is 0 Å². The Morgan fingerprint density at radius 2 is 1.83 bits per heavy atom. The second kappa shape index (κ2) is 8.87. The van der Waals surface area contributed by atoms with Gasteiger partial charge in [0.1, 0.15) is 0 Å². The van der Waals surface area contributed by atoms with E-state index in [-0.39, 0.29) is 5.82 Å². The number of methoxy groups -OCH3 is 2. The smallest absolute Gasteiger partial charge is 0.315 e.